The third kappa shape index (κ3) is 3.17. The van der Waals surface area contributed by atoms with E-state index in [1.807, 2.05) is 17.9 Å². The minimum absolute atomic E-state index is 0.00154. The number of methoxy groups -OCH3 is 1. The van der Waals surface area contributed by atoms with Gasteiger partial charge in [-0.1, -0.05) is 12.1 Å². The second-order valence-electron chi connectivity index (χ2n) is 4.73. The van der Waals surface area contributed by atoms with Crippen LogP contribution >= 0.6 is 0 Å². The van der Waals surface area contributed by atoms with Crippen molar-refractivity contribution in [2.45, 2.75) is 13.5 Å². The molecule has 2 aromatic carbocycles. The molecule has 0 aromatic heterocycles. The molecular weight excluding hydrogens is 286 g/mol. The van der Waals surface area contributed by atoms with Crippen molar-refractivity contribution in [3.63, 3.8) is 0 Å². The summed E-state index contributed by atoms with van der Waals surface area (Å²) >= 11 is 0. The van der Waals surface area contributed by atoms with Crippen molar-refractivity contribution < 1.29 is 13.5 Å². The fraction of sp³-hybridized carbons (Fsp3) is 0.235. The molecule has 0 aliphatic heterocycles. The topological polar surface area (TPSA) is 36.3 Å². The Morgan fingerprint density at radius 2 is 1.95 bits per heavy atom. The molecule has 0 spiro atoms. The van der Waals surface area contributed by atoms with Crippen LogP contribution in [0.2, 0.25) is 0 Å². The van der Waals surface area contributed by atoms with Crippen LogP contribution in [0.15, 0.2) is 36.4 Å². The standard InChI is InChI=1S/C17H16F2N2O/c1-3-21(16-6-4-5-14(18)13(16)10-20)11-12-7-8-17(22-2)15(19)9-12/h4-9H,3,11H2,1-2H3. The highest BCUT2D eigenvalue weighted by atomic mass is 19.1. The van der Waals surface area contributed by atoms with E-state index in [1.165, 1.54) is 19.2 Å². The van der Waals surface area contributed by atoms with Gasteiger partial charge < -0.3 is 9.64 Å². The molecular formula is C17H16F2N2O. The molecule has 0 radical (unpaired) electrons. The first kappa shape index (κ1) is 15.8. The second-order valence-corrected chi connectivity index (χ2v) is 4.73. The van der Waals surface area contributed by atoms with E-state index in [0.29, 0.717) is 24.3 Å². The maximum atomic E-state index is 13.8. The quantitative estimate of drug-likeness (QED) is 0.841. The first-order chi connectivity index (χ1) is 10.6. The number of rotatable bonds is 5. The molecule has 0 heterocycles. The lowest BCUT2D eigenvalue weighted by atomic mass is 10.1. The number of hydrogen-bond acceptors (Lipinski definition) is 3. The molecule has 0 aliphatic carbocycles. The number of hydrogen-bond donors (Lipinski definition) is 0. The van der Waals surface area contributed by atoms with Gasteiger partial charge in [0.05, 0.1) is 12.8 Å². The van der Waals surface area contributed by atoms with Crippen molar-refractivity contribution >= 4 is 5.69 Å². The predicted molar refractivity (Wildman–Crippen MR) is 80.8 cm³/mol. The van der Waals surface area contributed by atoms with Gasteiger partial charge in [-0.15, -0.1) is 0 Å². The lowest BCUT2D eigenvalue weighted by molar-refractivity contribution is 0.386. The summed E-state index contributed by atoms with van der Waals surface area (Å²) in [6.45, 7) is 2.83. The Labute approximate surface area is 128 Å². The molecule has 5 heteroatoms. The maximum absolute atomic E-state index is 13.8. The Morgan fingerprint density at radius 3 is 2.55 bits per heavy atom. The fourth-order valence-corrected chi connectivity index (χ4v) is 2.28. The van der Waals surface area contributed by atoms with Crippen LogP contribution in [0, 0.1) is 23.0 Å². The molecule has 0 unspecified atom stereocenters. The SMILES string of the molecule is CCN(Cc1ccc(OC)c(F)c1)c1cccc(F)c1C#N. The number of benzene rings is 2. The second kappa shape index (κ2) is 6.90. The van der Waals surface area contributed by atoms with Gasteiger partial charge in [0.25, 0.3) is 0 Å². The van der Waals surface area contributed by atoms with Gasteiger partial charge in [0.15, 0.2) is 11.6 Å². The summed E-state index contributed by atoms with van der Waals surface area (Å²) in [6, 6.07) is 11.1. The molecule has 0 saturated carbocycles. The largest absolute Gasteiger partial charge is 0.494 e. The van der Waals surface area contributed by atoms with Crippen LogP contribution in [0.25, 0.3) is 0 Å². The molecule has 0 bridgehead atoms. The molecule has 114 valence electrons. The molecule has 0 N–H and O–H groups in total. The van der Waals surface area contributed by atoms with Gasteiger partial charge in [-0.2, -0.15) is 5.26 Å². The Balaban J connectivity index is 2.32. The number of ether oxygens (including phenoxy) is 1. The average Bonchev–Trinajstić information content (AvgIpc) is 2.52. The predicted octanol–water partition coefficient (Wildman–Crippen LogP) is 3.87. The van der Waals surface area contributed by atoms with Gasteiger partial charge in [0.1, 0.15) is 17.4 Å². The number of nitriles is 1. The van der Waals surface area contributed by atoms with Gasteiger partial charge >= 0.3 is 0 Å². The van der Waals surface area contributed by atoms with Crippen molar-refractivity contribution in [2.75, 3.05) is 18.6 Å². The minimum atomic E-state index is -0.556. The molecule has 0 aliphatic rings. The summed E-state index contributed by atoms with van der Waals surface area (Å²) < 4.78 is 32.4. The third-order valence-electron chi connectivity index (χ3n) is 3.42. The van der Waals surface area contributed by atoms with E-state index >= 15 is 0 Å². The fourth-order valence-electron chi connectivity index (χ4n) is 2.28. The minimum Gasteiger partial charge on any atom is -0.494 e. The normalized spacial score (nSPS) is 10.1. The first-order valence-corrected chi connectivity index (χ1v) is 6.86. The highest BCUT2D eigenvalue weighted by Crippen LogP contribution is 2.25. The van der Waals surface area contributed by atoms with Crippen LogP contribution in [-0.4, -0.2) is 13.7 Å². The number of nitrogens with zero attached hydrogens (tertiary/aromatic N) is 2. The Bertz CT molecular complexity index is 710. The van der Waals surface area contributed by atoms with Crippen molar-refractivity contribution in [2.24, 2.45) is 0 Å². The van der Waals surface area contributed by atoms with Crippen molar-refractivity contribution in [1.82, 2.24) is 0 Å². The van der Waals surface area contributed by atoms with E-state index in [9.17, 15) is 8.78 Å². The zero-order chi connectivity index (χ0) is 16.1. The van der Waals surface area contributed by atoms with E-state index in [4.69, 9.17) is 10.00 Å². The van der Waals surface area contributed by atoms with Gasteiger partial charge in [-0.25, -0.2) is 8.78 Å². The zero-order valence-corrected chi connectivity index (χ0v) is 12.4. The van der Waals surface area contributed by atoms with Crippen LogP contribution in [0.3, 0.4) is 0 Å². The molecule has 0 fully saturated rings. The van der Waals surface area contributed by atoms with Crippen molar-refractivity contribution in [3.05, 3.63) is 59.2 Å². The monoisotopic (exact) mass is 302 g/mol. The smallest absolute Gasteiger partial charge is 0.165 e. The van der Waals surface area contributed by atoms with Gasteiger partial charge in [0.2, 0.25) is 0 Å². The maximum Gasteiger partial charge on any atom is 0.165 e. The van der Waals surface area contributed by atoms with Crippen LogP contribution < -0.4 is 9.64 Å². The van der Waals surface area contributed by atoms with E-state index in [-0.39, 0.29) is 11.3 Å². The lowest BCUT2D eigenvalue weighted by Crippen LogP contribution is -2.23. The third-order valence-corrected chi connectivity index (χ3v) is 3.42. The number of halogens is 2. The summed E-state index contributed by atoms with van der Waals surface area (Å²) in [7, 11) is 1.41. The van der Waals surface area contributed by atoms with Gasteiger partial charge in [-0.3, -0.25) is 0 Å². The van der Waals surface area contributed by atoms with Crippen LogP contribution in [0.1, 0.15) is 18.1 Å². The van der Waals surface area contributed by atoms with E-state index in [1.54, 1.807) is 24.3 Å². The summed E-state index contributed by atoms with van der Waals surface area (Å²) in [5.41, 5.74) is 1.22. The highest BCUT2D eigenvalue weighted by Gasteiger charge is 2.14. The molecule has 3 nitrogen and oxygen atoms in total. The average molecular weight is 302 g/mol. The zero-order valence-electron chi connectivity index (χ0n) is 12.4. The Morgan fingerprint density at radius 1 is 1.18 bits per heavy atom. The van der Waals surface area contributed by atoms with Gasteiger partial charge in [0, 0.05) is 13.1 Å². The molecule has 0 amide bonds. The Hall–Kier alpha value is -2.61. The van der Waals surface area contributed by atoms with Gasteiger partial charge in [-0.05, 0) is 36.8 Å². The van der Waals surface area contributed by atoms with Crippen molar-refractivity contribution in [1.29, 1.82) is 5.26 Å². The number of anilines is 1. The van der Waals surface area contributed by atoms with E-state index in [2.05, 4.69) is 0 Å². The summed E-state index contributed by atoms with van der Waals surface area (Å²) in [4.78, 5) is 1.82. The summed E-state index contributed by atoms with van der Waals surface area (Å²) in [5, 5.41) is 9.13. The molecule has 0 atom stereocenters. The highest BCUT2D eigenvalue weighted by molar-refractivity contribution is 5.60. The van der Waals surface area contributed by atoms with Crippen LogP contribution in [-0.2, 0) is 6.54 Å². The van der Waals surface area contributed by atoms with E-state index in [0.717, 1.165) is 0 Å². The molecule has 0 saturated heterocycles. The molecule has 2 aromatic rings. The molecule has 2 rings (SSSR count). The van der Waals surface area contributed by atoms with E-state index < -0.39 is 11.6 Å². The van der Waals surface area contributed by atoms with Crippen LogP contribution in [0.5, 0.6) is 5.75 Å². The first-order valence-electron chi connectivity index (χ1n) is 6.86. The van der Waals surface area contributed by atoms with Crippen molar-refractivity contribution in [3.8, 4) is 11.8 Å². The summed E-state index contributed by atoms with van der Waals surface area (Å²) in [5.74, 6) is -0.828. The lowest BCUT2D eigenvalue weighted by Gasteiger charge is -2.24. The summed E-state index contributed by atoms with van der Waals surface area (Å²) in [6.07, 6.45) is 0. The van der Waals surface area contributed by atoms with Crippen LogP contribution in [0.4, 0.5) is 14.5 Å². The molecule has 22 heavy (non-hydrogen) atoms. The Kier molecular flexibility index (Phi) is 4.95.